The molecule has 0 bridgehead atoms. The average molecular weight is 492 g/mol. The first kappa shape index (κ1) is 24.1. The van der Waals surface area contributed by atoms with Crippen LogP contribution in [0.3, 0.4) is 0 Å². The number of hydrogen-bond acceptors (Lipinski definition) is 8. The molecule has 1 aromatic carbocycles. The molecule has 1 aliphatic carbocycles. The van der Waals surface area contributed by atoms with Crippen molar-refractivity contribution in [2.24, 2.45) is 0 Å². The van der Waals surface area contributed by atoms with Crippen LogP contribution in [0.4, 0.5) is 10.8 Å². The van der Waals surface area contributed by atoms with E-state index in [9.17, 15) is 18.0 Å². The summed E-state index contributed by atoms with van der Waals surface area (Å²) in [7, 11) is -3.75. The van der Waals surface area contributed by atoms with Crippen LogP contribution in [-0.4, -0.2) is 72.6 Å². The van der Waals surface area contributed by atoms with Crippen LogP contribution in [0.25, 0.3) is 0 Å². The second-order valence-corrected chi connectivity index (χ2v) is 10.3. The number of anilines is 1. The predicted molar refractivity (Wildman–Crippen MR) is 122 cm³/mol. The van der Waals surface area contributed by atoms with Gasteiger partial charge in [-0.25, -0.2) is 13.2 Å². The van der Waals surface area contributed by atoms with Crippen molar-refractivity contribution in [3.63, 3.8) is 0 Å². The number of ether oxygens (including phenoxy) is 1. The van der Waals surface area contributed by atoms with Crippen molar-refractivity contribution >= 4 is 28.0 Å². The van der Waals surface area contributed by atoms with E-state index in [2.05, 4.69) is 15.5 Å². The number of rotatable bonds is 6. The molecule has 0 spiro atoms. The van der Waals surface area contributed by atoms with E-state index in [0.717, 1.165) is 25.7 Å². The van der Waals surface area contributed by atoms with E-state index < -0.39 is 22.0 Å². The van der Waals surface area contributed by atoms with Gasteiger partial charge in [-0.2, -0.15) is 4.31 Å². The molecule has 1 saturated heterocycles. The first-order chi connectivity index (χ1) is 16.4. The summed E-state index contributed by atoms with van der Waals surface area (Å²) in [6.07, 6.45) is 5.04. The highest BCUT2D eigenvalue weighted by atomic mass is 32.2. The monoisotopic (exact) mass is 491 g/mol. The third-order valence-corrected chi connectivity index (χ3v) is 8.05. The largest absolute Gasteiger partial charge is 0.450 e. The molecule has 2 heterocycles. The van der Waals surface area contributed by atoms with Crippen LogP contribution in [0.1, 0.15) is 61.2 Å². The summed E-state index contributed by atoms with van der Waals surface area (Å²) in [5.41, 5.74) is 0.267. The maximum Gasteiger partial charge on any atom is 0.409 e. The normalized spacial score (nSPS) is 18.0. The molecule has 184 valence electrons. The summed E-state index contributed by atoms with van der Waals surface area (Å²) in [5.74, 6) is 0.306. The second-order valence-electron chi connectivity index (χ2n) is 8.35. The summed E-state index contributed by atoms with van der Waals surface area (Å²) < 4.78 is 37.8. The first-order valence-corrected chi connectivity index (χ1v) is 13.0. The minimum Gasteiger partial charge on any atom is -0.450 e. The lowest BCUT2D eigenvalue weighted by atomic mass is 9.89. The Morgan fingerprint density at radius 1 is 1.06 bits per heavy atom. The van der Waals surface area contributed by atoms with Crippen LogP contribution in [-0.2, 0) is 14.8 Å². The standard InChI is InChI=1S/C22H29N5O6S/c1-2-32-22(29)26-12-14-27(15-13-26)34(30,31)18-10-8-16(9-11-18)19(28)23-21-25-24-20(33-21)17-6-4-3-5-7-17/h8-11,17H,2-7,12-15H2,1H3,(H,23,25,28). The molecule has 34 heavy (non-hydrogen) atoms. The molecular formula is C22H29N5O6S. The Morgan fingerprint density at radius 2 is 1.74 bits per heavy atom. The highest BCUT2D eigenvalue weighted by molar-refractivity contribution is 7.89. The number of amides is 2. The van der Waals surface area contributed by atoms with Crippen LogP contribution in [0, 0.1) is 0 Å². The Balaban J connectivity index is 1.35. The van der Waals surface area contributed by atoms with Gasteiger partial charge >= 0.3 is 12.1 Å². The van der Waals surface area contributed by atoms with Crippen molar-refractivity contribution in [2.45, 2.75) is 49.8 Å². The van der Waals surface area contributed by atoms with Crippen molar-refractivity contribution in [1.29, 1.82) is 0 Å². The molecule has 0 unspecified atom stereocenters. The van der Waals surface area contributed by atoms with E-state index in [1.165, 1.54) is 39.9 Å². The molecular weight excluding hydrogens is 462 g/mol. The van der Waals surface area contributed by atoms with Crippen molar-refractivity contribution < 1.29 is 27.2 Å². The molecule has 1 N–H and O–H groups in total. The zero-order chi connectivity index (χ0) is 24.1. The Kier molecular flexibility index (Phi) is 7.47. The van der Waals surface area contributed by atoms with E-state index >= 15 is 0 Å². The Bertz CT molecular complexity index is 1100. The summed E-state index contributed by atoms with van der Waals surface area (Å²) >= 11 is 0. The summed E-state index contributed by atoms with van der Waals surface area (Å²) in [5, 5.41) is 10.6. The van der Waals surface area contributed by atoms with Crippen LogP contribution in [0.15, 0.2) is 33.6 Å². The van der Waals surface area contributed by atoms with Crippen molar-refractivity contribution in [3.8, 4) is 0 Å². The second kappa shape index (κ2) is 10.5. The van der Waals surface area contributed by atoms with Crippen LogP contribution >= 0.6 is 0 Å². The van der Waals surface area contributed by atoms with E-state index in [1.54, 1.807) is 6.92 Å². The molecule has 2 aliphatic rings. The van der Waals surface area contributed by atoms with Crippen molar-refractivity contribution in [3.05, 3.63) is 35.7 Å². The van der Waals surface area contributed by atoms with E-state index in [-0.39, 0.29) is 55.2 Å². The third kappa shape index (κ3) is 5.39. The number of sulfonamides is 1. The van der Waals surface area contributed by atoms with Gasteiger partial charge in [-0.3, -0.25) is 10.1 Å². The Morgan fingerprint density at radius 3 is 2.38 bits per heavy atom. The van der Waals surface area contributed by atoms with Gasteiger partial charge in [0.2, 0.25) is 15.9 Å². The zero-order valence-electron chi connectivity index (χ0n) is 19.1. The van der Waals surface area contributed by atoms with Crippen molar-refractivity contribution in [2.75, 3.05) is 38.1 Å². The molecule has 2 aromatic rings. The summed E-state index contributed by atoms with van der Waals surface area (Å²) in [4.78, 5) is 26.0. The molecule has 2 amide bonds. The lowest BCUT2D eigenvalue weighted by Gasteiger charge is -2.33. The number of nitrogens with one attached hydrogen (secondary N) is 1. The van der Waals surface area contributed by atoms with E-state index in [0.29, 0.717) is 5.89 Å². The van der Waals surface area contributed by atoms with Gasteiger partial charge in [0.25, 0.3) is 5.91 Å². The maximum absolute atomic E-state index is 13.0. The molecule has 0 radical (unpaired) electrons. The van der Waals surface area contributed by atoms with Gasteiger partial charge < -0.3 is 14.1 Å². The first-order valence-electron chi connectivity index (χ1n) is 11.5. The van der Waals surface area contributed by atoms with Crippen LogP contribution in [0.5, 0.6) is 0 Å². The number of benzene rings is 1. The highest BCUT2D eigenvalue weighted by Gasteiger charge is 2.30. The number of aromatic nitrogens is 2. The zero-order valence-corrected chi connectivity index (χ0v) is 19.9. The third-order valence-electron chi connectivity index (χ3n) is 6.13. The van der Waals surface area contributed by atoms with Gasteiger partial charge in [-0.15, -0.1) is 5.10 Å². The summed E-state index contributed by atoms with van der Waals surface area (Å²) in [6.45, 7) is 2.84. The quantitative estimate of drug-likeness (QED) is 0.652. The van der Waals surface area contributed by atoms with Crippen LogP contribution in [0.2, 0.25) is 0 Å². The van der Waals surface area contributed by atoms with Gasteiger partial charge in [-0.05, 0) is 44.0 Å². The summed E-state index contributed by atoms with van der Waals surface area (Å²) in [6, 6.07) is 5.69. The Labute approximate surface area is 198 Å². The molecule has 0 atom stereocenters. The lowest BCUT2D eigenvalue weighted by molar-refractivity contribution is 0.0933. The number of piperazine rings is 1. The Hall–Kier alpha value is -2.99. The molecule has 1 aromatic heterocycles. The number of carbonyl (C=O) groups excluding carboxylic acids is 2. The van der Waals surface area contributed by atoms with E-state index in [4.69, 9.17) is 9.15 Å². The number of nitrogens with zero attached hydrogens (tertiary/aromatic N) is 4. The fourth-order valence-corrected chi connectivity index (χ4v) is 5.64. The SMILES string of the molecule is CCOC(=O)N1CCN(S(=O)(=O)c2ccc(C(=O)Nc3nnc(C4CCCCC4)o3)cc2)CC1. The van der Waals surface area contributed by atoms with Gasteiger partial charge in [0.15, 0.2) is 0 Å². The lowest BCUT2D eigenvalue weighted by Crippen LogP contribution is -2.50. The molecule has 1 aliphatic heterocycles. The fraction of sp³-hybridized carbons (Fsp3) is 0.545. The minimum atomic E-state index is -3.75. The van der Waals surface area contributed by atoms with Crippen LogP contribution < -0.4 is 5.32 Å². The maximum atomic E-state index is 13.0. The molecule has 11 nitrogen and oxygen atoms in total. The molecule has 12 heteroatoms. The topological polar surface area (TPSA) is 135 Å². The van der Waals surface area contributed by atoms with Crippen molar-refractivity contribution in [1.82, 2.24) is 19.4 Å². The predicted octanol–water partition coefficient (Wildman–Crippen LogP) is 2.83. The highest BCUT2D eigenvalue weighted by Crippen LogP contribution is 2.32. The molecule has 2 fully saturated rings. The van der Waals surface area contributed by atoms with E-state index in [1.807, 2.05) is 0 Å². The number of hydrogen-bond donors (Lipinski definition) is 1. The average Bonchev–Trinajstić information content (AvgIpc) is 3.33. The van der Waals surface area contributed by atoms with Gasteiger partial charge in [0.1, 0.15) is 0 Å². The van der Waals surface area contributed by atoms with Gasteiger partial charge in [-0.1, -0.05) is 24.4 Å². The fourth-order valence-electron chi connectivity index (χ4n) is 4.22. The smallest absolute Gasteiger partial charge is 0.409 e. The van der Waals surface area contributed by atoms with Gasteiger partial charge in [0, 0.05) is 37.7 Å². The minimum absolute atomic E-state index is 0.0294. The molecule has 4 rings (SSSR count). The number of carbonyl (C=O) groups is 2. The van der Waals surface area contributed by atoms with Gasteiger partial charge in [0.05, 0.1) is 11.5 Å². The molecule has 1 saturated carbocycles.